The van der Waals surface area contributed by atoms with Gasteiger partial charge in [-0.1, -0.05) is 6.92 Å². The fraction of sp³-hybridized carbons (Fsp3) is 1.00. The first-order valence-corrected chi connectivity index (χ1v) is 6.15. The van der Waals surface area contributed by atoms with Crippen LogP contribution in [0.15, 0.2) is 0 Å². The molecule has 1 fully saturated rings. The van der Waals surface area contributed by atoms with Crippen LogP contribution in [0.25, 0.3) is 0 Å². The molecule has 1 heterocycles. The van der Waals surface area contributed by atoms with Crippen molar-refractivity contribution >= 4 is 18.5 Å². The molecule has 0 bridgehead atoms. The van der Waals surface area contributed by atoms with Gasteiger partial charge >= 0.3 is 0 Å². The third-order valence-corrected chi connectivity index (χ3v) is 6.80. The summed E-state index contributed by atoms with van der Waals surface area (Å²) in [5.74, 6) is 1.44. The molecule has 2 atom stereocenters. The summed E-state index contributed by atoms with van der Waals surface area (Å²) in [6.45, 7) is 4.68. The van der Waals surface area contributed by atoms with Crippen LogP contribution in [0.3, 0.4) is 0 Å². The molecule has 2 heteroatoms. The Morgan fingerprint density at radius 3 is 2.57 bits per heavy atom. The molecular formula is C5H11PS. The molecule has 0 spiro atoms. The summed E-state index contributed by atoms with van der Waals surface area (Å²) in [5.41, 5.74) is 1.11. The Balaban J connectivity index is 2.16. The molecule has 1 aliphatic rings. The molecule has 0 nitrogen and oxygen atoms in total. The van der Waals surface area contributed by atoms with Gasteiger partial charge in [0.1, 0.15) is 0 Å². The second-order valence-corrected chi connectivity index (χ2v) is 6.82. The van der Waals surface area contributed by atoms with Crippen LogP contribution in [-0.2, 0) is 0 Å². The first-order chi connectivity index (χ1) is 3.34. The van der Waals surface area contributed by atoms with Crippen LogP contribution in [0, 0.1) is 0 Å². The summed E-state index contributed by atoms with van der Waals surface area (Å²) in [6, 6.07) is 0. The second-order valence-electron chi connectivity index (χ2n) is 1.90. The monoisotopic (exact) mass is 134 g/mol. The first-order valence-electron chi connectivity index (χ1n) is 2.70. The van der Waals surface area contributed by atoms with Crippen LogP contribution in [0.5, 0.6) is 0 Å². The Labute approximate surface area is 50.6 Å². The van der Waals surface area contributed by atoms with Crippen molar-refractivity contribution in [3.05, 3.63) is 0 Å². The van der Waals surface area contributed by atoms with E-state index < -0.39 is 0 Å². The standard InChI is InChI=1S/C5H11PS/c1-3-5-4-7-6(5)2/h5H,3-4H2,1-2H3/t5-,6?/m0/s1. The molecule has 0 saturated carbocycles. The minimum Gasteiger partial charge on any atom is -0.134 e. The lowest BCUT2D eigenvalue weighted by molar-refractivity contribution is 0.901. The zero-order valence-electron chi connectivity index (χ0n) is 4.85. The van der Waals surface area contributed by atoms with Crippen LogP contribution in [-0.4, -0.2) is 18.1 Å². The molecule has 1 aliphatic heterocycles. The van der Waals surface area contributed by atoms with Gasteiger partial charge in [-0.25, -0.2) is 0 Å². The van der Waals surface area contributed by atoms with E-state index in [2.05, 4.69) is 25.0 Å². The van der Waals surface area contributed by atoms with Crippen LogP contribution in [0.4, 0.5) is 0 Å². The quantitative estimate of drug-likeness (QED) is 0.496. The Kier molecular flexibility index (Phi) is 2.00. The summed E-state index contributed by atoms with van der Waals surface area (Å²) in [7, 11) is 0.435. The van der Waals surface area contributed by atoms with Crippen molar-refractivity contribution in [2.45, 2.75) is 19.0 Å². The number of hydrogen-bond acceptors (Lipinski definition) is 1. The molecule has 0 aliphatic carbocycles. The minimum atomic E-state index is 0.435. The molecule has 7 heavy (non-hydrogen) atoms. The molecule has 0 radical (unpaired) electrons. The molecule has 0 amide bonds. The molecule has 1 saturated heterocycles. The molecule has 0 aromatic rings. The van der Waals surface area contributed by atoms with E-state index in [1.165, 1.54) is 12.2 Å². The van der Waals surface area contributed by atoms with Crippen LogP contribution < -0.4 is 0 Å². The van der Waals surface area contributed by atoms with E-state index in [4.69, 9.17) is 0 Å². The topological polar surface area (TPSA) is 0 Å². The summed E-state index contributed by atoms with van der Waals surface area (Å²) in [5, 5.41) is 0. The third kappa shape index (κ3) is 1.12. The lowest BCUT2D eigenvalue weighted by atomic mass is 10.4. The molecule has 1 unspecified atom stereocenters. The molecule has 0 N–H and O–H groups in total. The maximum Gasteiger partial charge on any atom is 0.00495 e. The molecule has 0 aromatic carbocycles. The first kappa shape index (κ1) is 5.91. The summed E-state index contributed by atoms with van der Waals surface area (Å²) >= 11 is 2.16. The Morgan fingerprint density at radius 1 is 1.86 bits per heavy atom. The average molecular weight is 134 g/mol. The molecule has 0 aromatic heterocycles. The maximum absolute atomic E-state index is 2.39. The fourth-order valence-electron chi connectivity index (χ4n) is 0.704. The van der Waals surface area contributed by atoms with E-state index in [0.717, 1.165) is 5.66 Å². The van der Waals surface area contributed by atoms with Gasteiger partial charge in [-0.2, -0.15) is 0 Å². The van der Waals surface area contributed by atoms with E-state index in [1.807, 2.05) is 0 Å². The normalized spacial score (nSPS) is 40.3. The van der Waals surface area contributed by atoms with Crippen molar-refractivity contribution in [3.63, 3.8) is 0 Å². The predicted octanol–water partition coefficient (Wildman–Crippen LogP) is 2.54. The van der Waals surface area contributed by atoms with E-state index in [9.17, 15) is 0 Å². The van der Waals surface area contributed by atoms with Crippen molar-refractivity contribution in [3.8, 4) is 0 Å². The smallest absolute Gasteiger partial charge is 0.00495 e. The van der Waals surface area contributed by atoms with Gasteiger partial charge in [-0.15, -0.1) is 11.4 Å². The minimum absolute atomic E-state index is 0.435. The fourth-order valence-corrected chi connectivity index (χ4v) is 4.53. The third-order valence-electron chi connectivity index (χ3n) is 1.46. The number of rotatable bonds is 1. The lowest BCUT2D eigenvalue weighted by Crippen LogP contribution is -2.13. The highest BCUT2D eigenvalue weighted by Gasteiger charge is 2.24. The molecule has 1 rings (SSSR count). The van der Waals surface area contributed by atoms with Gasteiger partial charge in [0, 0.05) is 5.75 Å². The van der Waals surface area contributed by atoms with E-state index in [-0.39, 0.29) is 0 Å². The lowest BCUT2D eigenvalue weighted by Gasteiger charge is -2.32. The Hall–Kier alpha value is 0.780. The molecule has 42 valence electrons. The van der Waals surface area contributed by atoms with Crippen molar-refractivity contribution in [2.75, 3.05) is 12.4 Å². The Bertz CT molecular complexity index is 63.1. The van der Waals surface area contributed by atoms with Crippen LogP contribution >= 0.6 is 18.5 Å². The average Bonchev–Trinajstić information content (AvgIpc) is 1.65. The van der Waals surface area contributed by atoms with Gasteiger partial charge in [-0.3, -0.25) is 0 Å². The van der Waals surface area contributed by atoms with E-state index >= 15 is 0 Å². The highest BCUT2D eigenvalue weighted by atomic mass is 32.7. The predicted molar refractivity (Wildman–Crippen MR) is 39.4 cm³/mol. The zero-order chi connectivity index (χ0) is 5.28. The maximum atomic E-state index is 2.39. The van der Waals surface area contributed by atoms with Crippen LogP contribution in [0.1, 0.15) is 13.3 Å². The van der Waals surface area contributed by atoms with Gasteiger partial charge < -0.3 is 0 Å². The summed E-state index contributed by atoms with van der Waals surface area (Å²) < 4.78 is 0. The second kappa shape index (κ2) is 2.37. The number of hydrogen-bond donors (Lipinski definition) is 0. The van der Waals surface area contributed by atoms with Gasteiger partial charge in [0.05, 0.1) is 0 Å². The van der Waals surface area contributed by atoms with Crippen molar-refractivity contribution < 1.29 is 0 Å². The van der Waals surface area contributed by atoms with Crippen molar-refractivity contribution in [1.29, 1.82) is 0 Å². The highest BCUT2D eigenvalue weighted by Crippen LogP contribution is 2.62. The largest absolute Gasteiger partial charge is 0.134 e. The Morgan fingerprint density at radius 2 is 2.57 bits per heavy atom. The van der Waals surface area contributed by atoms with Gasteiger partial charge in [0.25, 0.3) is 0 Å². The van der Waals surface area contributed by atoms with E-state index in [1.54, 1.807) is 0 Å². The molecular weight excluding hydrogens is 123 g/mol. The highest BCUT2D eigenvalue weighted by molar-refractivity contribution is 8.58. The van der Waals surface area contributed by atoms with Gasteiger partial charge in [0.15, 0.2) is 0 Å². The van der Waals surface area contributed by atoms with Gasteiger partial charge in [-0.05, 0) is 25.9 Å². The van der Waals surface area contributed by atoms with Gasteiger partial charge in [0.2, 0.25) is 0 Å². The van der Waals surface area contributed by atoms with Crippen molar-refractivity contribution in [2.24, 2.45) is 0 Å². The van der Waals surface area contributed by atoms with E-state index in [0.29, 0.717) is 7.12 Å². The SMILES string of the molecule is CC[C@H]1CSP1C. The summed E-state index contributed by atoms with van der Waals surface area (Å²) in [4.78, 5) is 0. The zero-order valence-corrected chi connectivity index (χ0v) is 6.56. The van der Waals surface area contributed by atoms with Crippen molar-refractivity contribution in [1.82, 2.24) is 0 Å². The van der Waals surface area contributed by atoms with Crippen LogP contribution in [0.2, 0.25) is 0 Å². The summed E-state index contributed by atoms with van der Waals surface area (Å²) in [6.07, 6.45) is 1.41.